The fourth-order valence-corrected chi connectivity index (χ4v) is 8.11. The molecule has 0 fully saturated rings. The van der Waals surface area contributed by atoms with Crippen molar-refractivity contribution in [3.05, 3.63) is 170 Å². The summed E-state index contributed by atoms with van der Waals surface area (Å²) < 4.78 is 9.09. The van der Waals surface area contributed by atoms with Crippen LogP contribution in [0.25, 0.3) is 75.4 Å². The van der Waals surface area contributed by atoms with E-state index in [4.69, 9.17) is 9.40 Å². The second-order valence-corrected chi connectivity index (χ2v) is 13.5. The lowest BCUT2D eigenvalue weighted by atomic mass is 10.0. The van der Waals surface area contributed by atoms with Crippen molar-refractivity contribution in [1.29, 1.82) is 0 Å². The third-order valence-electron chi connectivity index (χ3n) is 9.46. The van der Waals surface area contributed by atoms with Gasteiger partial charge in [-0.25, -0.2) is 4.98 Å². The first-order valence-electron chi connectivity index (χ1n) is 16.4. The van der Waals surface area contributed by atoms with Crippen LogP contribution in [-0.4, -0.2) is 4.98 Å². The van der Waals surface area contributed by atoms with Crippen molar-refractivity contribution in [3.8, 4) is 22.6 Å². The Morgan fingerprint density at radius 1 is 0.449 bits per heavy atom. The van der Waals surface area contributed by atoms with Crippen molar-refractivity contribution < 1.29 is 4.42 Å². The summed E-state index contributed by atoms with van der Waals surface area (Å²) in [5.41, 5.74) is 8.02. The lowest BCUT2D eigenvalue weighted by molar-refractivity contribution is 0.621. The van der Waals surface area contributed by atoms with Crippen LogP contribution in [0, 0.1) is 0 Å². The molecular weight excluding hydrogens is 617 g/mol. The number of nitrogens with zero attached hydrogens (tertiary/aromatic N) is 2. The van der Waals surface area contributed by atoms with Crippen molar-refractivity contribution in [2.75, 3.05) is 4.90 Å². The number of hydrogen-bond acceptors (Lipinski definition) is 4. The molecule has 0 aliphatic heterocycles. The van der Waals surface area contributed by atoms with Gasteiger partial charge < -0.3 is 9.32 Å². The largest absolute Gasteiger partial charge is 0.435 e. The molecule has 0 N–H and O–H groups in total. The molecule has 0 radical (unpaired) electrons. The molecule has 4 heteroatoms. The maximum absolute atomic E-state index is 6.49. The van der Waals surface area contributed by atoms with E-state index in [0.717, 1.165) is 44.9 Å². The predicted octanol–water partition coefficient (Wildman–Crippen LogP) is 13.3. The molecule has 0 aliphatic carbocycles. The highest BCUT2D eigenvalue weighted by atomic mass is 32.1. The van der Waals surface area contributed by atoms with Crippen LogP contribution in [0.1, 0.15) is 0 Å². The Balaban J connectivity index is 1.08. The van der Waals surface area contributed by atoms with Crippen LogP contribution in [0.15, 0.2) is 174 Å². The summed E-state index contributed by atoms with van der Waals surface area (Å²) in [5.74, 6) is 0.628. The molecule has 0 spiro atoms. The van der Waals surface area contributed by atoms with Gasteiger partial charge in [-0.2, -0.15) is 0 Å². The maximum Gasteiger partial charge on any atom is 0.227 e. The molecule has 3 nitrogen and oxygen atoms in total. The zero-order valence-corrected chi connectivity index (χ0v) is 27.2. The molecule has 2 aromatic heterocycles. The smallest absolute Gasteiger partial charge is 0.227 e. The van der Waals surface area contributed by atoms with E-state index in [0.29, 0.717) is 5.89 Å². The number of benzene rings is 8. The highest BCUT2D eigenvalue weighted by Crippen LogP contribution is 2.42. The van der Waals surface area contributed by atoms with E-state index in [1.54, 1.807) is 0 Å². The topological polar surface area (TPSA) is 29.3 Å². The first kappa shape index (κ1) is 27.8. The van der Waals surface area contributed by atoms with Crippen LogP contribution in [0.4, 0.5) is 17.1 Å². The van der Waals surface area contributed by atoms with Crippen molar-refractivity contribution in [2.24, 2.45) is 0 Å². The molecule has 0 aliphatic rings. The lowest BCUT2D eigenvalue weighted by Gasteiger charge is -2.26. The summed E-state index contributed by atoms with van der Waals surface area (Å²) in [7, 11) is 0. The summed E-state index contributed by atoms with van der Waals surface area (Å²) in [6, 6.07) is 60.5. The van der Waals surface area contributed by atoms with E-state index in [9.17, 15) is 0 Å². The van der Waals surface area contributed by atoms with Crippen molar-refractivity contribution in [3.63, 3.8) is 0 Å². The van der Waals surface area contributed by atoms with E-state index < -0.39 is 0 Å². The second kappa shape index (κ2) is 11.2. The number of oxazole rings is 1. The Kier molecular flexibility index (Phi) is 6.36. The first-order chi connectivity index (χ1) is 24.2. The van der Waals surface area contributed by atoms with Crippen molar-refractivity contribution in [2.45, 2.75) is 0 Å². The van der Waals surface area contributed by atoms with Crippen LogP contribution in [0.2, 0.25) is 0 Å². The van der Waals surface area contributed by atoms with Gasteiger partial charge in [0.25, 0.3) is 0 Å². The van der Waals surface area contributed by atoms with Gasteiger partial charge in [0.15, 0.2) is 5.58 Å². The van der Waals surface area contributed by atoms with Gasteiger partial charge in [0.1, 0.15) is 5.52 Å². The Morgan fingerprint density at radius 3 is 1.92 bits per heavy atom. The third kappa shape index (κ3) is 4.76. The van der Waals surface area contributed by atoms with Crippen LogP contribution in [0.5, 0.6) is 0 Å². The molecule has 0 atom stereocenters. The van der Waals surface area contributed by atoms with Crippen molar-refractivity contribution in [1.82, 2.24) is 4.98 Å². The second-order valence-electron chi connectivity index (χ2n) is 12.4. The molecule has 230 valence electrons. The number of rotatable bonds is 5. The average molecular weight is 645 g/mol. The quantitative estimate of drug-likeness (QED) is 0.187. The Morgan fingerprint density at radius 2 is 1.08 bits per heavy atom. The minimum Gasteiger partial charge on any atom is -0.435 e. The van der Waals surface area contributed by atoms with Gasteiger partial charge in [-0.15, -0.1) is 11.3 Å². The van der Waals surface area contributed by atoms with E-state index in [1.165, 1.54) is 41.7 Å². The summed E-state index contributed by atoms with van der Waals surface area (Å²) >= 11 is 1.84. The normalized spacial score (nSPS) is 11.7. The lowest BCUT2D eigenvalue weighted by Crippen LogP contribution is -2.09. The minimum absolute atomic E-state index is 0.628. The zero-order valence-electron chi connectivity index (χ0n) is 26.4. The highest BCUT2D eigenvalue weighted by Gasteiger charge is 2.17. The van der Waals surface area contributed by atoms with Gasteiger partial charge in [0, 0.05) is 48.4 Å². The van der Waals surface area contributed by atoms with Gasteiger partial charge in [-0.3, -0.25) is 0 Å². The Bertz CT molecular complexity index is 2850. The maximum atomic E-state index is 6.49. The monoisotopic (exact) mass is 644 g/mol. The van der Waals surface area contributed by atoms with Crippen LogP contribution >= 0.6 is 11.3 Å². The van der Waals surface area contributed by atoms with Gasteiger partial charge in [-0.05, 0) is 93.8 Å². The van der Waals surface area contributed by atoms with Crippen LogP contribution < -0.4 is 4.90 Å². The molecule has 10 aromatic rings. The van der Waals surface area contributed by atoms with Gasteiger partial charge in [0.05, 0.1) is 0 Å². The Labute approximate surface area is 286 Å². The summed E-state index contributed by atoms with van der Waals surface area (Å²) in [5, 5.41) is 7.37. The molecule has 10 rings (SSSR count). The minimum atomic E-state index is 0.628. The van der Waals surface area contributed by atoms with Gasteiger partial charge >= 0.3 is 0 Å². The Hall–Kier alpha value is -6.23. The number of anilines is 3. The van der Waals surface area contributed by atoms with Gasteiger partial charge in [-0.1, -0.05) is 103 Å². The van der Waals surface area contributed by atoms with E-state index >= 15 is 0 Å². The first-order valence-corrected chi connectivity index (χ1v) is 17.3. The number of aromatic nitrogens is 1. The number of para-hydroxylation sites is 1. The van der Waals surface area contributed by atoms with E-state index in [2.05, 4.69) is 169 Å². The molecule has 0 saturated carbocycles. The number of fused-ring (bicyclic) bond motifs is 6. The van der Waals surface area contributed by atoms with Crippen molar-refractivity contribution >= 4 is 81.2 Å². The molecule has 0 saturated heterocycles. The fraction of sp³-hybridized carbons (Fsp3) is 0. The third-order valence-corrected chi connectivity index (χ3v) is 10.6. The average Bonchev–Trinajstić information content (AvgIpc) is 3.77. The summed E-state index contributed by atoms with van der Waals surface area (Å²) in [4.78, 5) is 7.25. The molecule has 2 heterocycles. The molecular formula is C45H28N2OS. The van der Waals surface area contributed by atoms with Crippen LogP contribution in [0.3, 0.4) is 0 Å². The standard InChI is InChI=1S/C45H28N2OS/c1-3-10-32-26-34(17-16-29(32)8-1)45-46-41-14-7-13-38(44(41)48-45)31-19-21-35(22-20-31)47(36-23-18-30-9-2-4-11-33(30)27-36)37-24-25-43-40(28-37)39-12-5-6-15-42(39)49-43/h1-28H. The SMILES string of the molecule is c1ccc2cc(-c3nc4cccc(-c5ccc(N(c6ccc7ccccc7c6)c6ccc7sc8ccccc8c7c6)cc5)c4o3)ccc2c1. The highest BCUT2D eigenvalue weighted by molar-refractivity contribution is 7.25. The number of hydrogen-bond donors (Lipinski definition) is 0. The van der Waals surface area contributed by atoms with Crippen LogP contribution in [-0.2, 0) is 0 Å². The molecule has 0 bridgehead atoms. The fourth-order valence-electron chi connectivity index (χ4n) is 7.03. The zero-order chi connectivity index (χ0) is 32.3. The summed E-state index contributed by atoms with van der Waals surface area (Å²) in [6.07, 6.45) is 0. The summed E-state index contributed by atoms with van der Waals surface area (Å²) in [6.45, 7) is 0. The molecule has 8 aromatic carbocycles. The van der Waals surface area contributed by atoms with E-state index in [-0.39, 0.29) is 0 Å². The number of thiophene rings is 1. The van der Waals surface area contributed by atoms with E-state index in [1.807, 2.05) is 17.4 Å². The molecule has 0 unspecified atom stereocenters. The molecule has 0 amide bonds. The predicted molar refractivity (Wildman–Crippen MR) is 207 cm³/mol. The molecule has 49 heavy (non-hydrogen) atoms. The van der Waals surface area contributed by atoms with Gasteiger partial charge in [0.2, 0.25) is 5.89 Å².